The fourth-order valence-electron chi connectivity index (χ4n) is 4.07. The average molecular weight is 414 g/mol. The molecule has 3 atom stereocenters. The summed E-state index contributed by atoms with van der Waals surface area (Å²) in [5.74, 6) is -1.08. The Kier molecular flexibility index (Phi) is 4.69. The normalized spacial score (nSPS) is 24.7. The van der Waals surface area contributed by atoms with Gasteiger partial charge in [0.25, 0.3) is 5.91 Å². The molecule has 2 aliphatic heterocycles. The first-order valence-corrected chi connectivity index (χ1v) is 10.3. The Hall–Kier alpha value is -2.74. The van der Waals surface area contributed by atoms with Crippen LogP contribution in [-0.2, 0) is 9.59 Å². The standard InChI is InChI=1S/C21H22N2O5S/c1-4-28-12-9-8-11-6-5-7-13(14(11)10-12)17(24)22-15-18(25)23-16(20(26)27)21(2,3)29-19(15)23/h5-10,15-16,19H,4H2,1-3H3,(H,22,24)(H,26,27)/t15-,16+,19-/m1/s1. The van der Waals surface area contributed by atoms with Gasteiger partial charge in [0, 0.05) is 10.3 Å². The van der Waals surface area contributed by atoms with Crippen molar-refractivity contribution in [3.05, 3.63) is 42.0 Å². The molecule has 2 heterocycles. The maximum atomic E-state index is 13.0. The number of amides is 2. The Balaban J connectivity index is 1.59. The van der Waals surface area contributed by atoms with Gasteiger partial charge in [0.15, 0.2) is 0 Å². The Labute approximate surface area is 172 Å². The van der Waals surface area contributed by atoms with Gasteiger partial charge in [-0.15, -0.1) is 11.8 Å². The Morgan fingerprint density at radius 1 is 1.28 bits per heavy atom. The van der Waals surface area contributed by atoms with Crippen molar-refractivity contribution in [3.63, 3.8) is 0 Å². The number of thioether (sulfide) groups is 1. The van der Waals surface area contributed by atoms with Gasteiger partial charge in [-0.25, -0.2) is 4.79 Å². The van der Waals surface area contributed by atoms with Crippen LogP contribution in [0.3, 0.4) is 0 Å². The number of β-lactam (4-membered cyclic amide) rings is 1. The van der Waals surface area contributed by atoms with E-state index in [1.165, 1.54) is 16.7 Å². The molecule has 2 aromatic carbocycles. The number of nitrogens with one attached hydrogen (secondary N) is 1. The first kappa shape index (κ1) is 19.6. The van der Waals surface area contributed by atoms with Crippen LogP contribution in [-0.4, -0.2) is 56.6 Å². The molecule has 2 aromatic rings. The van der Waals surface area contributed by atoms with E-state index in [0.29, 0.717) is 17.9 Å². The second-order valence-electron chi connectivity index (χ2n) is 7.67. The molecule has 0 aliphatic carbocycles. The Morgan fingerprint density at radius 2 is 2.03 bits per heavy atom. The molecule has 2 N–H and O–H groups in total. The lowest BCUT2D eigenvalue weighted by atomic mass is 9.95. The van der Waals surface area contributed by atoms with Crippen molar-refractivity contribution in [1.29, 1.82) is 0 Å². The molecule has 0 bridgehead atoms. The minimum Gasteiger partial charge on any atom is -0.494 e. The zero-order valence-corrected chi connectivity index (χ0v) is 17.2. The molecule has 7 nitrogen and oxygen atoms in total. The van der Waals surface area contributed by atoms with Crippen molar-refractivity contribution in [2.75, 3.05) is 6.61 Å². The SMILES string of the molecule is CCOc1ccc2cccc(C(=O)N[C@@H]3C(=O)N4[C@@H]3SC(C)(C)[C@@H]4C(=O)O)c2c1. The summed E-state index contributed by atoms with van der Waals surface area (Å²) in [7, 11) is 0. The number of fused-ring (bicyclic) bond motifs is 2. The third kappa shape index (κ3) is 3.11. The molecule has 0 aromatic heterocycles. The van der Waals surface area contributed by atoms with Crippen molar-refractivity contribution < 1.29 is 24.2 Å². The maximum absolute atomic E-state index is 13.0. The number of hydrogen-bond donors (Lipinski definition) is 2. The van der Waals surface area contributed by atoms with E-state index < -0.39 is 22.8 Å². The highest BCUT2D eigenvalue weighted by molar-refractivity contribution is 8.01. The highest BCUT2D eigenvalue weighted by Crippen LogP contribution is 2.50. The quantitative estimate of drug-likeness (QED) is 0.730. The van der Waals surface area contributed by atoms with E-state index in [1.54, 1.807) is 26.0 Å². The van der Waals surface area contributed by atoms with E-state index in [-0.39, 0.29) is 17.2 Å². The van der Waals surface area contributed by atoms with Crippen LogP contribution in [0.15, 0.2) is 36.4 Å². The number of nitrogens with zero attached hydrogens (tertiary/aromatic N) is 1. The molecule has 0 radical (unpaired) electrons. The Morgan fingerprint density at radius 3 is 2.72 bits per heavy atom. The molecule has 0 unspecified atom stereocenters. The monoisotopic (exact) mass is 414 g/mol. The van der Waals surface area contributed by atoms with Gasteiger partial charge in [0.2, 0.25) is 5.91 Å². The van der Waals surface area contributed by atoms with E-state index >= 15 is 0 Å². The van der Waals surface area contributed by atoms with Crippen LogP contribution >= 0.6 is 11.8 Å². The number of carboxylic acids is 1. The predicted molar refractivity (Wildman–Crippen MR) is 110 cm³/mol. The summed E-state index contributed by atoms with van der Waals surface area (Å²) >= 11 is 1.41. The third-order valence-corrected chi connectivity index (χ3v) is 6.94. The molecular weight excluding hydrogens is 392 g/mol. The Bertz CT molecular complexity index is 1020. The number of carboxylic acid groups (broad SMARTS) is 1. The predicted octanol–water partition coefficient (Wildman–Crippen LogP) is 2.48. The van der Waals surface area contributed by atoms with E-state index in [1.807, 2.05) is 31.2 Å². The minimum absolute atomic E-state index is 0.357. The summed E-state index contributed by atoms with van der Waals surface area (Å²) in [6, 6.07) is 9.33. The first-order chi connectivity index (χ1) is 13.7. The fourth-order valence-corrected chi connectivity index (χ4v) is 5.70. The second-order valence-corrected chi connectivity index (χ2v) is 9.44. The van der Waals surface area contributed by atoms with Gasteiger partial charge < -0.3 is 20.1 Å². The van der Waals surface area contributed by atoms with Gasteiger partial charge in [0.05, 0.1) is 6.61 Å². The topological polar surface area (TPSA) is 95.9 Å². The molecule has 4 rings (SSSR count). The molecule has 2 aliphatic rings. The van der Waals surface area contributed by atoms with Crippen LogP contribution in [0.2, 0.25) is 0 Å². The summed E-state index contributed by atoms with van der Waals surface area (Å²) in [6.45, 7) is 6.02. The number of carbonyl (C=O) groups excluding carboxylic acids is 2. The smallest absolute Gasteiger partial charge is 0.327 e. The first-order valence-electron chi connectivity index (χ1n) is 9.44. The van der Waals surface area contributed by atoms with Crippen LogP contribution in [0.25, 0.3) is 10.8 Å². The van der Waals surface area contributed by atoms with Crippen LogP contribution in [0.5, 0.6) is 5.75 Å². The zero-order chi connectivity index (χ0) is 20.9. The third-order valence-electron chi connectivity index (χ3n) is 5.37. The van der Waals surface area contributed by atoms with Crippen molar-refractivity contribution in [1.82, 2.24) is 10.2 Å². The summed E-state index contributed by atoms with van der Waals surface area (Å²) in [5, 5.41) is 13.6. The molecule has 0 saturated carbocycles. The average Bonchev–Trinajstić information content (AvgIpc) is 2.93. The summed E-state index contributed by atoms with van der Waals surface area (Å²) in [4.78, 5) is 38.6. The lowest BCUT2D eigenvalue weighted by Gasteiger charge is -2.43. The van der Waals surface area contributed by atoms with E-state index in [4.69, 9.17) is 4.74 Å². The van der Waals surface area contributed by atoms with E-state index in [9.17, 15) is 19.5 Å². The van der Waals surface area contributed by atoms with Crippen LogP contribution in [0, 0.1) is 0 Å². The van der Waals surface area contributed by atoms with Gasteiger partial charge in [-0.2, -0.15) is 0 Å². The van der Waals surface area contributed by atoms with Crippen LogP contribution < -0.4 is 10.1 Å². The molecular formula is C21H22N2O5S. The van der Waals surface area contributed by atoms with Gasteiger partial charge >= 0.3 is 5.97 Å². The van der Waals surface area contributed by atoms with Crippen LogP contribution in [0.1, 0.15) is 31.1 Å². The molecule has 8 heteroatoms. The lowest BCUT2D eigenvalue weighted by molar-refractivity contribution is -0.159. The molecule has 152 valence electrons. The molecule has 0 spiro atoms. The molecule has 2 saturated heterocycles. The number of carbonyl (C=O) groups is 3. The van der Waals surface area contributed by atoms with Crippen molar-refractivity contribution in [3.8, 4) is 5.75 Å². The van der Waals surface area contributed by atoms with Crippen molar-refractivity contribution >= 4 is 40.3 Å². The van der Waals surface area contributed by atoms with Crippen molar-refractivity contribution in [2.24, 2.45) is 0 Å². The largest absolute Gasteiger partial charge is 0.494 e. The van der Waals surface area contributed by atoms with Gasteiger partial charge in [-0.1, -0.05) is 18.2 Å². The summed E-state index contributed by atoms with van der Waals surface area (Å²) in [5.41, 5.74) is 0.451. The fraction of sp³-hybridized carbons (Fsp3) is 0.381. The number of aliphatic carboxylic acids is 1. The number of rotatable bonds is 5. The lowest BCUT2D eigenvalue weighted by Crippen LogP contribution is -2.70. The summed E-state index contributed by atoms with van der Waals surface area (Å²) in [6.07, 6.45) is 0. The highest BCUT2D eigenvalue weighted by Gasteiger charge is 2.64. The maximum Gasteiger partial charge on any atom is 0.327 e. The van der Waals surface area contributed by atoms with Crippen LogP contribution in [0.4, 0.5) is 0 Å². The van der Waals surface area contributed by atoms with E-state index in [2.05, 4.69) is 5.32 Å². The number of hydrogen-bond acceptors (Lipinski definition) is 5. The zero-order valence-electron chi connectivity index (χ0n) is 16.3. The molecule has 29 heavy (non-hydrogen) atoms. The van der Waals surface area contributed by atoms with Gasteiger partial charge in [-0.05, 0) is 49.7 Å². The highest BCUT2D eigenvalue weighted by atomic mass is 32.2. The van der Waals surface area contributed by atoms with Gasteiger partial charge in [0.1, 0.15) is 23.2 Å². The van der Waals surface area contributed by atoms with Crippen molar-refractivity contribution in [2.45, 2.75) is 43.0 Å². The van der Waals surface area contributed by atoms with Gasteiger partial charge in [-0.3, -0.25) is 9.59 Å². The molecule has 2 fully saturated rings. The van der Waals surface area contributed by atoms with E-state index in [0.717, 1.165) is 10.8 Å². The summed E-state index contributed by atoms with van der Waals surface area (Å²) < 4.78 is 4.91. The second kappa shape index (κ2) is 6.95. The number of benzene rings is 2. The number of ether oxygens (including phenoxy) is 1. The minimum atomic E-state index is -1.03. The molecule has 2 amide bonds.